The summed E-state index contributed by atoms with van der Waals surface area (Å²) in [4.78, 5) is 12.4. The zero-order chi connectivity index (χ0) is 24.7. The molecule has 1 amide bonds. The van der Waals surface area contributed by atoms with Gasteiger partial charge in [0.2, 0.25) is 10.0 Å². The first-order valence-electron chi connectivity index (χ1n) is 10.3. The van der Waals surface area contributed by atoms with E-state index in [1.165, 1.54) is 4.31 Å². The topological polar surface area (TPSA) is 66.5 Å². The Balaban J connectivity index is 1.56. The smallest absolute Gasteiger partial charge is 0.251 e. The highest BCUT2D eigenvalue weighted by atomic mass is 35.5. The third-order valence-electron chi connectivity index (χ3n) is 4.83. The number of sulfonamides is 1. The van der Waals surface area contributed by atoms with Crippen molar-refractivity contribution in [2.24, 2.45) is 0 Å². The van der Waals surface area contributed by atoms with Crippen LogP contribution in [0.1, 0.15) is 21.5 Å². The molecule has 34 heavy (non-hydrogen) atoms. The first-order chi connectivity index (χ1) is 16.1. The molecule has 0 atom stereocenters. The Bertz CT molecular complexity index is 1250. The highest BCUT2D eigenvalue weighted by Crippen LogP contribution is 2.34. The van der Waals surface area contributed by atoms with Gasteiger partial charge < -0.3 is 5.32 Å². The van der Waals surface area contributed by atoms with Crippen molar-refractivity contribution in [3.63, 3.8) is 0 Å². The molecule has 3 aromatic rings. The van der Waals surface area contributed by atoms with E-state index >= 15 is 0 Å². The van der Waals surface area contributed by atoms with Gasteiger partial charge in [0.25, 0.3) is 5.91 Å². The van der Waals surface area contributed by atoms with Crippen molar-refractivity contribution < 1.29 is 13.2 Å². The summed E-state index contributed by atoms with van der Waals surface area (Å²) >= 11 is 20.0. The van der Waals surface area contributed by atoms with E-state index in [0.717, 1.165) is 23.3 Å². The second-order valence-electron chi connectivity index (χ2n) is 7.48. The van der Waals surface area contributed by atoms with E-state index < -0.39 is 10.0 Å². The molecule has 0 heterocycles. The van der Waals surface area contributed by atoms with Crippen LogP contribution in [0.2, 0.25) is 15.1 Å². The van der Waals surface area contributed by atoms with Gasteiger partial charge >= 0.3 is 0 Å². The van der Waals surface area contributed by atoms with E-state index in [2.05, 4.69) is 5.32 Å². The van der Waals surface area contributed by atoms with Crippen LogP contribution >= 0.6 is 46.6 Å². The van der Waals surface area contributed by atoms with Crippen molar-refractivity contribution in [2.75, 3.05) is 22.9 Å². The molecule has 0 radical (unpaired) electrons. The molecule has 0 saturated heterocycles. The lowest BCUT2D eigenvalue weighted by atomic mass is 10.1. The average molecular weight is 558 g/mol. The fourth-order valence-electron chi connectivity index (χ4n) is 3.15. The third-order valence-corrected chi connectivity index (χ3v) is 8.03. The zero-order valence-corrected chi connectivity index (χ0v) is 22.2. The predicted molar refractivity (Wildman–Crippen MR) is 144 cm³/mol. The van der Waals surface area contributed by atoms with Gasteiger partial charge in [0.1, 0.15) is 0 Å². The Hall–Kier alpha value is -1.90. The zero-order valence-electron chi connectivity index (χ0n) is 18.3. The number of nitrogens with zero attached hydrogens (tertiary/aromatic N) is 1. The Morgan fingerprint density at radius 2 is 1.68 bits per heavy atom. The van der Waals surface area contributed by atoms with E-state index in [4.69, 9.17) is 34.8 Å². The van der Waals surface area contributed by atoms with Gasteiger partial charge in [-0.25, -0.2) is 8.42 Å². The molecule has 1 N–H and O–H groups in total. The number of amides is 1. The normalized spacial score (nSPS) is 11.3. The van der Waals surface area contributed by atoms with Gasteiger partial charge in [-0.1, -0.05) is 65.1 Å². The molecule has 0 unspecified atom stereocenters. The van der Waals surface area contributed by atoms with Crippen LogP contribution in [0.25, 0.3) is 0 Å². The van der Waals surface area contributed by atoms with Crippen LogP contribution in [-0.4, -0.2) is 32.9 Å². The van der Waals surface area contributed by atoms with Crippen LogP contribution < -0.4 is 9.62 Å². The van der Waals surface area contributed by atoms with Crippen molar-refractivity contribution in [2.45, 2.75) is 12.3 Å². The minimum absolute atomic E-state index is 0.0565. The number of carbonyl (C=O) groups is 1. The van der Waals surface area contributed by atoms with Gasteiger partial charge in [0, 0.05) is 28.6 Å². The second-order valence-corrected chi connectivity index (χ2v) is 11.7. The van der Waals surface area contributed by atoms with Gasteiger partial charge in [0.05, 0.1) is 28.5 Å². The minimum Gasteiger partial charge on any atom is -0.351 e. The summed E-state index contributed by atoms with van der Waals surface area (Å²) in [6.45, 7) is 0.585. The van der Waals surface area contributed by atoms with Crippen LogP contribution in [0.4, 0.5) is 5.69 Å². The predicted octanol–water partition coefficient (Wildman–Crippen LogP) is 6.28. The molecular formula is C24H23Cl3N2O3S2. The molecule has 0 spiro atoms. The lowest BCUT2D eigenvalue weighted by molar-refractivity contribution is 0.0956. The number of hydrogen-bond acceptors (Lipinski definition) is 4. The molecule has 5 nitrogen and oxygen atoms in total. The Kier molecular flexibility index (Phi) is 9.56. The van der Waals surface area contributed by atoms with Crippen molar-refractivity contribution >= 4 is 68.2 Å². The lowest BCUT2D eigenvalue weighted by Crippen LogP contribution is -2.29. The number of benzene rings is 3. The van der Waals surface area contributed by atoms with Crippen LogP contribution in [-0.2, 0) is 22.3 Å². The van der Waals surface area contributed by atoms with Crippen molar-refractivity contribution in [3.8, 4) is 0 Å². The molecule has 10 heteroatoms. The Morgan fingerprint density at radius 1 is 0.971 bits per heavy atom. The Labute approximate surface area is 219 Å². The maximum atomic E-state index is 12.4. The summed E-state index contributed by atoms with van der Waals surface area (Å²) in [7, 11) is -3.62. The number of anilines is 1. The first kappa shape index (κ1) is 26.7. The molecular weight excluding hydrogens is 535 g/mol. The molecule has 0 saturated carbocycles. The Morgan fingerprint density at radius 3 is 2.35 bits per heavy atom. The monoisotopic (exact) mass is 556 g/mol. The van der Waals surface area contributed by atoms with Crippen LogP contribution in [0.3, 0.4) is 0 Å². The SMILES string of the molecule is CS(=O)(=O)N(Cc1ccc(C(=O)NCCSCc2cccc(Cl)c2)cc1)c1cccc(Cl)c1Cl. The summed E-state index contributed by atoms with van der Waals surface area (Å²) in [6.07, 6.45) is 1.11. The molecule has 0 aromatic heterocycles. The van der Waals surface area contributed by atoms with Gasteiger partial charge in [-0.2, -0.15) is 11.8 Å². The number of thioether (sulfide) groups is 1. The summed E-state index contributed by atoms with van der Waals surface area (Å²) < 4.78 is 26.0. The molecule has 0 aliphatic rings. The third kappa shape index (κ3) is 7.55. The van der Waals surface area contributed by atoms with E-state index in [1.54, 1.807) is 54.2 Å². The molecule has 0 aliphatic heterocycles. The highest BCUT2D eigenvalue weighted by Gasteiger charge is 2.21. The fraction of sp³-hybridized carbons (Fsp3) is 0.208. The average Bonchev–Trinajstić information content (AvgIpc) is 2.79. The largest absolute Gasteiger partial charge is 0.351 e. The first-order valence-corrected chi connectivity index (χ1v) is 14.4. The lowest BCUT2D eigenvalue weighted by Gasteiger charge is -2.24. The van der Waals surface area contributed by atoms with E-state index in [0.29, 0.717) is 28.4 Å². The number of hydrogen-bond donors (Lipinski definition) is 1. The van der Waals surface area contributed by atoms with Gasteiger partial charge in [0.15, 0.2) is 0 Å². The molecule has 0 fully saturated rings. The molecule has 0 bridgehead atoms. The minimum atomic E-state index is -3.62. The summed E-state index contributed by atoms with van der Waals surface area (Å²) in [5, 5.41) is 4.04. The maximum absolute atomic E-state index is 12.4. The van der Waals surface area contributed by atoms with Crippen LogP contribution in [0, 0.1) is 0 Å². The van der Waals surface area contributed by atoms with E-state index in [1.807, 2.05) is 24.3 Å². The van der Waals surface area contributed by atoms with Crippen LogP contribution in [0.15, 0.2) is 66.7 Å². The van der Waals surface area contributed by atoms with Gasteiger partial charge in [-0.3, -0.25) is 9.10 Å². The fourth-order valence-corrected chi connectivity index (χ4v) is 5.51. The van der Waals surface area contributed by atoms with Crippen molar-refractivity contribution in [1.82, 2.24) is 5.32 Å². The number of nitrogens with one attached hydrogen (secondary N) is 1. The molecule has 180 valence electrons. The number of halogens is 3. The maximum Gasteiger partial charge on any atom is 0.251 e. The van der Waals surface area contributed by atoms with Gasteiger partial charge in [-0.15, -0.1) is 0 Å². The quantitative estimate of drug-likeness (QED) is 0.298. The van der Waals surface area contributed by atoms with Crippen molar-refractivity contribution in [3.05, 3.63) is 98.5 Å². The highest BCUT2D eigenvalue weighted by molar-refractivity contribution is 7.98. The molecule has 3 aromatic carbocycles. The summed E-state index contributed by atoms with van der Waals surface area (Å²) in [5.41, 5.74) is 2.64. The van der Waals surface area contributed by atoms with E-state index in [-0.39, 0.29) is 22.5 Å². The number of carbonyl (C=O) groups excluding carboxylic acids is 1. The molecule has 3 rings (SSSR count). The summed E-state index contributed by atoms with van der Waals surface area (Å²) in [6, 6.07) is 19.3. The second kappa shape index (κ2) is 12.2. The molecule has 0 aliphatic carbocycles. The standard InChI is InChI=1S/C24H23Cl3N2O3S2/c1-34(31,32)29(22-7-3-6-21(26)23(22)27)15-17-8-10-19(11-9-17)24(30)28-12-13-33-16-18-4-2-5-20(25)14-18/h2-11,14H,12-13,15-16H2,1H3,(H,28,30). The van der Waals surface area contributed by atoms with Gasteiger partial charge in [-0.05, 0) is 47.5 Å². The van der Waals surface area contributed by atoms with Crippen LogP contribution in [0.5, 0.6) is 0 Å². The summed E-state index contributed by atoms with van der Waals surface area (Å²) in [5.74, 6) is 1.39. The van der Waals surface area contributed by atoms with Crippen molar-refractivity contribution in [1.29, 1.82) is 0 Å². The van der Waals surface area contributed by atoms with E-state index in [9.17, 15) is 13.2 Å². The number of rotatable bonds is 10.